The Morgan fingerprint density at radius 2 is 2.08 bits per heavy atom. The highest BCUT2D eigenvalue weighted by atomic mass is 16.6. The molecular weight excluding hydrogens is 166 g/mol. The van der Waals surface area contributed by atoms with E-state index in [1.54, 1.807) is 6.92 Å². The van der Waals surface area contributed by atoms with Gasteiger partial charge in [0.15, 0.2) is 6.29 Å². The molecule has 1 unspecified atom stereocenters. The van der Waals surface area contributed by atoms with Crippen LogP contribution in [0.5, 0.6) is 5.75 Å². The summed E-state index contributed by atoms with van der Waals surface area (Å²) in [6.07, 6.45) is -0.766. The lowest BCUT2D eigenvalue weighted by Gasteiger charge is -2.14. The van der Waals surface area contributed by atoms with Crippen molar-refractivity contribution in [2.45, 2.75) is 13.2 Å². The highest BCUT2D eigenvalue weighted by Gasteiger charge is 2.00. The van der Waals surface area contributed by atoms with Crippen LogP contribution in [-0.4, -0.2) is 25.5 Å². The second-order valence-electron chi connectivity index (χ2n) is 3.11. The molecule has 0 saturated carbocycles. The fraction of sp³-hybridized carbons (Fsp3) is 0.400. The van der Waals surface area contributed by atoms with E-state index in [0.29, 0.717) is 5.75 Å². The van der Waals surface area contributed by atoms with E-state index in [1.807, 2.05) is 43.3 Å². The zero-order valence-corrected chi connectivity index (χ0v) is 8.19. The third-order valence-corrected chi connectivity index (χ3v) is 1.64. The van der Waals surface area contributed by atoms with Gasteiger partial charge in [-0.2, -0.15) is 0 Å². The summed E-state index contributed by atoms with van der Waals surface area (Å²) in [5.74, 6) is 0.682. The van der Waals surface area contributed by atoms with E-state index in [1.165, 1.54) is 0 Å². The Morgan fingerprint density at radius 1 is 1.38 bits per heavy atom. The standard InChI is InChI=1S/C10H15NO2/c1-8(12)13-10-6-4-5-9(7-10)11(2)3/h4-8,12H,1-3H3. The molecule has 0 saturated heterocycles. The number of anilines is 1. The Bertz CT molecular complexity index is 271. The first kappa shape index (κ1) is 9.86. The maximum absolute atomic E-state index is 9.00. The van der Waals surface area contributed by atoms with Gasteiger partial charge in [0.25, 0.3) is 0 Å². The normalized spacial score (nSPS) is 12.3. The molecule has 1 aromatic carbocycles. The number of hydrogen-bond acceptors (Lipinski definition) is 3. The lowest BCUT2D eigenvalue weighted by atomic mass is 10.3. The van der Waals surface area contributed by atoms with Gasteiger partial charge in [0.2, 0.25) is 0 Å². The topological polar surface area (TPSA) is 32.7 Å². The Kier molecular flexibility index (Phi) is 3.14. The van der Waals surface area contributed by atoms with Crippen LogP contribution in [0.1, 0.15) is 6.92 Å². The van der Waals surface area contributed by atoms with Crippen molar-refractivity contribution in [2.75, 3.05) is 19.0 Å². The van der Waals surface area contributed by atoms with Crippen LogP contribution in [0.25, 0.3) is 0 Å². The van der Waals surface area contributed by atoms with E-state index >= 15 is 0 Å². The third-order valence-electron chi connectivity index (χ3n) is 1.64. The summed E-state index contributed by atoms with van der Waals surface area (Å²) in [6, 6.07) is 7.58. The predicted molar refractivity (Wildman–Crippen MR) is 53.1 cm³/mol. The van der Waals surface area contributed by atoms with E-state index in [9.17, 15) is 0 Å². The number of hydrogen-bond donors (Lipinski definition) is 1. The monoisotopic (exact) mass is 181 g/mol. The third kappa shape index (κ3) is 2.95. The van der Waals surface area contributed by atoms with Crippen LogP contribution >= 0.6 is 0 Å². The van der Waals surface area contributed by atoms with Gasteiger partial charge in [0, 0.05) is 25.8 Å². The van der Waals surface area contributed by atoms with Crippen LogP contribution in [0.15, 0.2) is 24.3 Å². The summed E-state index contributed by atoms with van der Waals surface area (Å²) in [6.45, 7) is 1.59. The second-order valence-corrected chi connectivity index (χ2v) is 3.11. The lowest BCUT2D eigenvalue weighted by molar-refractivity contribution is -0.000253. The number of aliphatic hydroxyl groups excluding tert-OH is 1. The highest BCUT2D eigenvalue weighted by Crippen LogP contribution is 2.19. The average molecular weight is 181 g/mol. The Labute approximate surface area is 78.6 Å². The number of aliphatic hydroxyl groups is 1. The van der Waals surface area contributed by atoms with Crippen LogP contribution in [-0.2, 0) is 0 Å². The van der Waals surface area contributed by atoms with Gasteiger partial charge in [-0.15, -0.1) is 0 Å². The van der Waals surface area contributed by atoms with E-state index in [0.717, 1.165) is 5.69 Å². The van der Waals surface area contributed by atoms with Crippen molar-refractivity contribution in [3.8, 4) is 5.75 Å². The Hall–Kier alpha value is -1.22. The van der Waals surface area contributed by atoms with Crippen molar-refractivity contribution < 1.29 is 9.84 Å². The van der Waals surface area contributed by atoms with Gasteiger partial charge in [0.1, 0.15) is 5.75 Å². The minimum absolute atomic E-state index is 0.682. The summed E-state index contributed by atoms with van der Waals surface area (Å²) < 4.78 is 5.13. The molecule has 0 bridgehead atoms. The molecular formula is C10H15NO2. The molecule has 0 spiro atoms. The van der Waals surface area contributed by atoms with Crippen LogP contribution in [0.2, 0.25) is 0 Å². The smallest absolute Gasteiger partial charge is 0.194 e. The maximum atomic E-state index is 9.00. The zero-order valence-electron chi connectivity index (χ0n) is 8.19. The highest BCUT2D eigenvalue weighted by molar-refractivity contribution is 5.49. The predicted octanol–water partition coefficient (Wildman–Crippen LogP) is 1.47. The van der Waals surface area contributed by atoms with Crippen molar-refractivity contribution in [3.05, 3.63) is 24.3 Å². The first-order valence-electron chi connectivity index (χ1n) is 4.21. The van der Waals surface area contributed by atoms with Crippen molar-refractivity contribution in [3.63, 3.8) is 0 Å². The number of benzene rings is 1. The largest absolute Gasteiger partial charge is 0.465 e. The molecule has 1 atom stereocenters. The van der Waals surface area contributed by atoms with Gasteiger partial charge in [-0.25, -0.2) is 0 Å². The van der Waals surface area contributed by atoms with Gasteiger partial charge in [-0.3, -0.25) is 0 Å². The summed E-state index contributed by atoms with van der Waals surface area (Å²) in [4.78, 5) is 1.98. The van der Waals surface area contributed by atoms with E-state index in [-0.39, 0.29) is 0 Å². The minimum Gasteiger partial charge on any atom is -0.465 e. The fourth-order valence-electron chi connectivity index (χ4n) is 1.03. The van der Waals surface area contributed by atoms with Crippen LogP contribution < -0.4 is 9.64 Å². The quantitative estimate of drug-likeness (QED) is 0.717. The fourth-order valence-corrected chi connectivity index (χ4v) is 1.03. The molecule has 0 heterocycles. The van der Waals surface area contributed by atoms with E-state index in [2.05, 4.69) is 0 Å². The molecule has 0 aliphatic rings. The van der Waals surface area contributed by atoms with E-state index < -0.39 is 6.29 Å². The molecule has 3 nitrogen and oxygen atoms in total. The van der Waals surface area contributed by atoms with E-state index in [4.69, 9.17) is 9.84 Å². The summed E-state index contributed by atoms with van der Waals surface area (Å²) in [7, 11) is 3.92. The Balaban J connectivity index is 2.79. The molecule has 0 aliphatic carbocycles. The van der Waals surface area contributed by atoms with Crippen LogP contribution in [0.4, 0.5) is 5.69 Å². The van der Waals surface area contributed by atoms with Crippen molar-refractivity contribution in [2.24, 2.45) is 0 Å². The molecule has 1 N–H and O–H groups in total. The molecule has 13 heavy (non-hydrogen) atoms. The average Bonchev–Trinajstić information content (AvgIpc) is 2.03. The molecule has 0 radical (unpaired) electrons. The van der Waals surface area contributed by atoms with Gasteiger partial charge in [0.05, 0.1) is 0 Å². The first-order valence-corrected chi connectivity index (χ1v) is 4.21. The minimum atomic E-state index is -0.766. The number of nitrogens with zero attached hydrogens (tertiary/aromatic N) is 1. The molecule has 0 amide bonds. The molecule has 0 aliphatic heterocycles. The van der Waals surface area contributed by atoms with Gasteiger partial charge >= 0.3 is 0 Å². The maximum Gasteiger partial charge on any atom is 0.194 e. The lowest BCUT2D eigenvalue weighted by Crippen LogP contribution is -2.11. The first-order chi connectivity index (χ1) is 6.09. The summed E-state index contributed by atoms with van der Waals surface area (Å²) in [5.41, 5.74) is 1.05. The van der Waals surface area contributed by atoms with Crippen LogP contribution in [0.3, 0.4) is 0 Å². The van der Waals surface area contributed by atoms with Crippen LogP contribution in [0, 0.1) is 0 Å². The van der Waals surface area contributed by atoms with Crippen molar-refractivity contribution in [1.82, 2.24) is 0 Å². The molecule has 72 valence electrons. The molecule has 0 aromatic heterocycles. The van der Waals surface area contributed by atoms with Gasteiger partial charge < -0.3 is 14.7 Å². The van der Waals surface area contributed by atoms with Gasteiger partial charge in [-0.05, 0) is 19.1 Å². The number of ether oxygens (including phenoxy) is 1. The molecule has 3 heteroatoms. The zero-order chi connectivity index (χ0) is 9.84. The summed E-state index contributed by atoms with van der Waals surface area (Å²) in [5, 5.41) is 9.00. The molecule has 1 rings (SSSR count). The SMILES string of the molecule is CC(O)Oc1cccc(N(C)C)c1. The summed E-state index contributed by atoms with van der Waals surface area (Å²) >= 11 is 0. The van der Waals surface area contributed by atoms with Gasteiger partial charge in [-0.1, -0.05) is 6.07 Å². The Morgan fingerprint density at radius 3 is 2.62 bits per heavy atom. The van der Waals surface area contributed by atoms with Crippen molar-refractivity contribution in [1.29, 1.82) is 0 Å². The molecule has 1 aromatic rings. The number of rotatable bonds is 3. The molecule has 0 fully saturated rings. The van der Waals surface area contributed by atoms with Crippen molar-refractivity contribution >= 4 is 5.69 Å². The second kappa shape index (κ2) is 4.14.